The van der Waals surface area contributed by atoms with Crippen LogP contribution in [0.4, 0.5) is 0 Å². The van der Waals surface area contributed by atoms with Crippen LogP contribution in [0.15, 0.2) is 23.1 Å². The molecule has 0 heterocycles. The summed E-state index contributed by atoms with van der Waals surface area (Å²) in [5, 5.41) is 0.219. The van der Waals surface area contributed by atoms with E-state index in [1.54, 1.807) is 19.1 Å². The lowest BCUT2D eigenvalue weighted by atomic mass is 10.2. The van der Waals surface area contributed by atoms with Crippen molar-refractivity contribution in [2.24, 2.45) is 5.73 Å². The first-order valence-electron chi connectivity index (χ1n) is 4.85. The second kappa shape index (κ2) is 5.14. The van der Waals surface area contributed by atoms with Crippen molar-refractivity contribution in [1.82, 2.24) is 4.72 Å². The summed E-state index contributed by atoms with van der Waals surface area (Å²) in [6.45, 7) is 3.78. The Bertz CT molecular complexity index is 474. The molecule has 0 aliphatic heterocycles. The smallest absolute Gasteiger partial charge is 0.242 e. The molecule has 1 aromatic rings. The van der Waals surface area contributed by atoms with Crippen LogP contribution in [0, 0.1) is 6.92 Å². The first-order chi connectivity index (χ1) is 7.36. The number of nitrogens with two attached hydrogens (primary N) is 1. The van der Waals surface area contributed by atoms with E-state index in [1.165, 1.54) is 6.07 Å². The second-order valence-corrected chi connectivity index (χ2v) is 5.78. The first-order valence-corrected chi connectivity index (χ1v) is 6.71. The SMILES string of the molecule is Cc1ccc(S(=O)(=O)N[C@@H](C)CN)c(Cl)c1. The molecular formula is C10H15ClN2O2S. The van der Waals surface area contributed by atoms with Crippen molar-refractivity contribution in [3.05, 3.63) is 28.8 Å². The fourth-order valence-electron chi connectivity index (χ4n) is 1.20. The van der Waals surface area contributed by atoms with Crippen molar-refractivity contribution in [3.8, 4) is 0 Å². The highest BCUT2D eigenvalue weighted by Crippen LogP contribution is 2.22. The third-order valence-electron chi connectivity index (χ3n) is 2.09. The monoisotopic (exact) mass is 262 g/mol. The lowest BCUT2D eigenvalue weighted by molar-refractivity contribution is 0.563. The molecule has 0 saturated carbocycles. The van der Waals surface area contributed by atoms with Gasteiger partial charge in [0, 0.05) is 12.6 Å². The average Bonchev–Trinajstić information content (AvgIpc) is 2.16. The lowest BCUT2D eigenvalue weighted by Gasteiger charge is -2.13. The molecule has 0 spiro atoms. The summed E-state index contributed by atoms with van der Waals surface area (Å²) in [4.78, 5) is 0.0834. The number of halogens is 1. The van der Waals surface area contributed by atoms with Crippen molar-refractivity contribution in [2.45, 2.75) is 24.8 Å². The molecule has 0 aromatic heterocycles. The predicted octanol–water partition coefficient (Wildman–Crippen LogP) is 1.27. The molecule has 4 nitrogen and oxygen atoms in total. The highest BCUT2D eigenvalue weighted by Gasteiger charge is 2.19. The maximum atomic E-state index is 11.9. The van der Waals surface area contributed by atoms with Gasteiger partial charge in [0.25, 0.3) is 0 Å². The highest BCUT2D eigenvalue weighted by atomic mass is 35.5. The molecule has 16 heavy (non-hydrogen) atoms. The van der Waals surface area contributed by atoms with Crippen LogP contribution in [0.1, 0.15) is 12.5 Å². The lowest BCUT2D eigenvalue weighted by Crippen LogP contribution is -2.37. The van der Waals surface area contributed by atoms with Gasteiger partial charge in [-0.25, -0.2) is 13.1 Å². The fraction of sp³-hybridized carbons (Fsp3) is 0.400. The van der Waals surface area contributed by atoms with Gasteiger partial charge in [0.2, 0.25) is 10.0 Å². The van der Waals surface area contributed by atoms with Crippen molar-refractivity contribution in [3.63, 3.8) is 0 Å². The van der Waals surface area contributed by atoms with Gasteiger partial charge in [-0.2, -0.15) is 0 Å². The Hall–Kier alpha value is -0.620. The molecule has 6 heteroatoms. The van der Waals surface area contributed by atoms with Crippen LogP contribution in [0.3, 0.4) is 0 Å². The van der Waals surface area contributed by atoms with Gasteiger partial charge in [-0.3, -0.25) is 0 Å². The Balaban J connectivity index is 3.08. The second-order valence-electron chi connectivity index (χ2n) is 3.69. The van der Waals surface area contributed by atoms with E-state index in [-0.39, 0.29) is 22.5 Å². The number of rotatable bonds is 4. The van der Waals surface area contributed by atoms with E-state index in [0.717, 1.165) is 5.56 Å². The van der Waals surface area contributed by atoms with Crippen LogP contribution in [0.2, 0.25) is 5.02 Å². The Morgan fingerprint density at radius 2 is 2.12 bits per heavy atom. The van der Waals surface area contributed by atoms with Crippen LogP contribution in [-0.4, -0.2) is 21.0 Å². The zero-order valence-electron chi connectivity index (χ0n) is 9.20. The van der Waals surface area contributed by atoms with E-state index in [1.807, 2.05) is 6.92 Å². The Morgan fingerprint density at radius 3 is 2.62 bits per heavy atom. The minimum absolute atomic E-state index is 0.0834. The number of sulfonamides is 1. The van der Waals surface area contributed by atoms with Crippen LogP contribution in [-0.2, 0) is 10.0 Å². The number of benzene rings is 1. The fourth-order valence-corrected chi connectivity index (χ4v) is 3.06. The number of hydrogen-bond donors (Lipinski definition) is 2. The molecule has 3 N–H and O–H groups in total. The normalized spacial score (nSPS) is 13.8. The first kappa shape index (κ1) is 13.4. The molecule has 1 rings (SSSR count). The molecule has 0 bridgehead atoms. The molecular weight excluding hydrogens is 248 g/mol. The molecule has 0 fully saturated rings. The molecule has 0 unspecified atom stereocenters. The minimum atomic E-state index is -3.58. The summed E-state index contributed by atoms with van der Waals surface area (Å²) in [5.41, 5.74) is 6.27. The Morgan fingerprint density at radius 1 is 1.50 bits per heavy atom. The van der Waals surface area contributed by atoms with Gasteiger partial charge in [-0.05, 0) is 31.5 Å². The van der Waals surface area contributed by atoms with Gasteiger partial charge >= 0.3 is 0 Å². The van der Waals surface area contributed by atoms with Crippen molar-refractivity contribution in [1.29, 1.82) is 0 Å². The Labute approximate surface area is 101 Å². The van der Waals surface area contributed by atoms with Gasteiger partial charge < -0.3 is 5.73 Å². The van der Waals surface area contributed by atoms with E-state index in [2.05, 4.69) is 4.72 Å². The molecule has 1 atom stereocenters. The molecule has 0 amide bonds. The number of aryl methyl sites for hydroxylation is 1. The molecule has 0 radical (unpaired) electrons. The predicted molar refractivity (Wildman–Crippen MR) is 65.0 cm³/mol. The number of nitrogens with one attached hydrogen (secondary N) is 1. The maximum Gasteiger partial charge on any atom is 0.242 e. The quantitative estimate of drug-likeness (QED) is 0.858. The summed E-state index contributed by atoms with van der Waals surface area (Å²) in [6.07, 6.45) is 0. The Kier molecular flexibility index (Phi) is 4.32. The largest absolute Gasteiger partial charge is 0.329 e. The van der Waals surface area contributed by atoms with Crippen molar-refractivity contribution < 1.29 is 8.42 Å². The molecule has 0 aliphatic carbocycles. The molecule has 0 saturated heterocycles. The zero-order chi connectivity index (χ0) is 12.3. The number of hydrogen-bond acceptors (Lipinski definition) is 3. The summed E-state index contributed by atoms with van der Waals surface area (Å²) in [6, 6.07) is 4.49. The summed E-state index contributed by atoms with van der Waals surface area (Å²) in [5.74, 6) is 0. The minimum Gasteiger partial charge on any atom is -0.329 e. The van der Waals surface area contributed by atoms with E-state index >= 15 is 0 Å². The van der Waals surface area contributed by atoms with Crippen LogP contribution in [0.25, 0.3) is 0 Å². The van der Waals surface area contributed by atoms with Crippen molar-refractivity contribution in [2.75, 3.05) is 6.54 Å². The molecule has 90 valence electrons. The van der Waals surface area contributed by atoms with Gasteiger partial charge in [0.1, 0.15) is 4.90 Å². The average molecular weight is 263 g/mol. The molecule has 1 aromatic carbocycles. The van der Waals surface area contributed by atoms with E-state index in [4.69, 9.17) is 17.3 Å². The van der Waals surface area contributed by atoms with Gasteiger partial charge in [-0.1, -0.05) is 17.7 Å². The highest BCUT2D eigenvalue weighted by molar-refractivity contribution is 7.89. The standard InChI is InChI=1S/C10H15ClN2O2S/c1-7-3-4-10(9(11)5-7)16(14,15)13-8(2)6-12/h3-5,8,13H,6,12H2,1-2H3/t8-/m0/s1. The third kappa shape index (κ3) is 3.18. The van der Waals surface area contributed by atoms with Crippen molar-refractivity contribution >= 4 is 21.6 Å². The summed E-state index contributed by atoms with van der Waals surface area (Å²) in [7, 11) is -3.58. The van der Waals surface area contributed by atoms with Gasteiger partial charge in [0.05, 0.1) is 5.02 Å². The van der Waals surface area contributed by atoms with Gasteiger partial charge in [0.15, 0.2) is 0 Å². The summed E-state index contributed by atoms with van der Waals surface area (Å²) >= 11 is 5.89. The topological polar surface area (TPSA) is 72.2 Å². The zero-order valence-corrected chi connectivity index (χ0v) is 10.8. The molecule has 0 aliphatic rings. The van der Waals surface area contributed by atoms with Crippen LogP contribution < -0.4 is 10.5 Å². The third-order valence-corrected chi connectivity index (χ3v) is 4.16. The van der Waals surface area contributed by atoms with Gasteiger partial charge in [-0.15, -0.1) is 0 Å². The van der Waals surface area contributed by atoms with E-state index in [0.29, 0.717) is 0 Å². The van der Waals surface area contributed by atoms with E-state index in [9.17, 15) is 8.42 Å². The van der Waals surface area contributed by atoms with Crippen LogP contribution >= 0.6 is 11.6 Å². The van der Waals surface area contributed by atoms with E-state index < -0.39 is 10.0 Å². The maximum absolute atomic E-state index is 11.9. The summed E-state index contributed by atoms with van der Waals surface area (Å²) < 4.78 is 26.2. The van der Waals surface area contributed by atoms with Crippen LogP contribution in [0.5, 0.6) is 0 Å².